The summed E-state index contributed by atoms with van der Waals surface area (Å²) in [6, 6.07) is 1.57. The summed E-state index contributed by atoms with van der Waals surface area (Å²) in [6.07, 6.45) is 2.23. The predicted octanol–water partition coefficient (Wildman–Crippen LogP) is 0.743. The molecule has 0 aliphatic heterocycles. The van der Waals surface area contributed by atoms with E-state index in [1.165, 1.54) is 0 Å². The standard InChI is InChI=1S/C13H19N3O2/c1-3-16(4-2)13(18)9-5-6-11-10(7-9)8-12(17)15-14-11/h8-9H,3-7H2,1-2H3,(H,15,17). The van der Waals surface area contributed by atoms with Crippen molar-refractivity contribution >= 4 is 5.91 Å². The molecule has 2 rings (SSSR count). The summed E-state index contributed by atoms with van der Waals surface area (Å²) in [5, 5.41) is 6.48. The molecule has 18 heavy (non-hydrogen) atoms. The summed E-state index contributed by atoms with van der Waals surface area (Å²) >= 11 is 0. The second-order valence-corrected chi connectivity index (χ2v) is 4.65. The summed E-state index contributed by atoms with van der Waals surface area (Å²) in [4.78, 5) is 25.4. The van der Waals surface area contributed by atoms with Crippen LogP contribution in [0.25, 0.3) is 0 Å². The highest BCUT2D eigenvalue weighted by Gasteiger charge is 2.28. The Balaban J connectivity index is 2.16. The van der Waals surface area contributed by atoms with Gasteiger partial charge in [-0.25, -0.2) is 5.10 Å². The number of aryl methyl sites for hydroxylation is 1. The summed E-state index contributed by atoms with van der Waals surface area (Å²) in [7, 11) is 0. The third-order valence-corrected chi connectivity index (χ3v) is 3.60. The van der Waals surface area contributed by atoms with Crippen LogP contribution in [0.2, 0.25) is 0 Å². The van der Waals surface area contributed by atoms with E-state index in [-0.39, 0.29) is 17.4 Å². The highest BCUT2D eigenvalue weighted by molar-refractivity contribution is 5.79. The van der Waals surface area contributed by atoms with Crippen molar-refractivity contribution in [2.45, 2.75) is 33.1 Å². The van der Waals surface area contributed by atoms with Crippen LogP contribution in [-0.4, -0.2) is 34.1 Å². The lowest BCUT2D eigenvalue weighted by Gasteiger charge is -2.28. The first kappa shape index (κ1) is 12.8. The fourth-order valence-electron chi connectivity index (χ4n) is 2.54. The van der Waals surface area contributed by atoms with Crippen LogP contribution in [0.1, 0.15) is 31.5 Å². The van der Waals surface area contributed by atoms with Gasteiger partial charge in [-0.2, -0.15) is 5.10 Å². The molecule has 1 atom stereocenters. The monoisotopic (exact) mass is 249 g/mol. The van der Waals surface area contributed by atoms with Gasteiger partial charge in [-0.1, -0.05) is 0 Å². The molecule has 0 fully saturated rings. The first-order valence-electron chi connectivity index (χ1n) is 6.52. The Bertz CT molecular complexity index is 491. The summed E-state index contributed by atoms with van der Waals surface area (Å²) in [5.41, 5.74) is 1.67. The number of aromatic nitrogens is 2. The van der Waals surface area contributed by atoms with E-state index in [0.29, 0.717) is 6.42 Å². The van der Waals surface area contributed by atoms with E-state index >= 15 is 0 Å². The molecule has 0 radical (unpaired) electrons. The molecule has 1 N–H and O–H groups in total. The van der Waals surface area contributed by atoms with Crippen molar-refractivity contribution in [3.8, 4) is 0 Å². The number of amides is 1. The zero-order valence-corrected chi connectivity index (χ0v) is 10.9. The second-order valence-electron chi connectivity index (χ2n) is 4.65. The number of rotatable bonds is 3. The molecule has 1 aromatic heterocycles. The summed E-state index contributed by atoms with van der Waals surface area (Å²) < 4.78 is 0. The lowest BCUT2D eigenvalue weighted by molar-refractivity contribution is -0.135. The van der Waals surface area contributed by atoms with E-state index in [0.717, 1.165) is 37.2 Å². The fraction of sp³-hybridized carbons (Fsp3) is 0.615. The maximum atomic E-state index is 12.3. The predicted molar refractivity (Wildman–Crippen MR) is 68.3 cm³/mol. The number of hydrogen-bond acceptors (Lipinski definition) is 3. The van der Waals surface area contributed by atoms with Crippen LogP contribution in [-0.2, 0) is 17.6 Å². The molecule has 0 bridgehead atoms. The van der Waals surface area contributed by atoms with Crippen LogP contribution in [0, 0.1) is 5.92 Å². The first-order chi connectivity index (χ1) is 8.65. The van der Waals surface area contributed by atoms with Gasteiger partial charge in [0.15, 0.2) is 0 Å². The molecule has 1 amide bonds. The van der Waals surface area contributed by atoms with E-state index < -0.39 is 0 Å². The molecule has 0 saturated carbocycles. The Morgan fingerprint density at radius 2 is 2.22 bits per heavy atom. The van der Waals surface area contributed by atoms with Crippen molar-refractivity contribution in [3.63, 3.8) is 0 Å². The molecule has 1 aromatic rings. The maximum absolute atomic E-state index is 12.3. The number of fused-ring (bicyclic) bond motifs is 1. The highest BCUT2D eigenvalue weighted by atomic mass is 16.2. The average molecular weight is 249 g/mol. The normalized spacial score (nSPS) is 18.2. The number of aromatic amines is 1. The number of hydrogen-bond donors (Lipinski definition) is 1. The number of carbonyl (C=O) groups excluding carboxylic acids is 1. The fourth-order valence-corrected chi connectivity index (χ4v) is 2.54. The van der Waals surface area contributed by atoms with Gasteiger partial charge in [-0.15, -0.1) is 0 Å². The lowest BCUT2D eigenvalue weighted by atomic mass is 9.86. The van der Waals surface area contributed by atoms with Crippen LogP contribution in [0.5, 0.6) is 0 Å². The van der Waals surface area contributed by atoms with Crippen molar-refractivity contribution in [3.05, 3.63) is 27.7 Å². The highest BCUT2D eigenvalue weighted by Crippen LogP contribution is 2.24. The molecule has 1 heterocycles. The number of carbonyl (C=O) groups is 1. The Labute approximate surface area is 106 Å². The second kappa shape index (κ2) is 5.33. The minimum absolute atomic E-state index is 0.000926. The Kier molecular flexibility index (Phi) is 3.79. The SMILES string of the molecule is CCN(CC)C(=O)C1CCc2n[nH]c(=O)cc2C1. The van der Waals surface area contributed by atoms with Crippen LogP contribution in [0.4, 0.5) is 0 Å². The van der Waals surface area contributed by atoms with Crippen LogP contribution >= 0.6 is 0 Å². The quantitative estimate of drug-likeness (QED) is 0.859. The minimum Gasteiger partial charge on any atom is -0.343 e. The molecule has 1 aliphatic rings. The minimum atomic E-state index is -0.190. The van der Waals surface area contributed by atoms with Crippen molar-refractivity contribution < 1.29 is 4.79 Å². The lowest BCUT2D eigenvalue weighted by Crippen LogP contribution is -2.38. The molecule has 5 nitrogen and oxygen atoms in total. The average Bonchev–Trinajstić information content (AvgIpc) is 2.39. The maximum Gasteiger partial charge on any atom is 0.264 e. The van der Waals surface area contributed by atoms with Gasteiger partial charge in [0.1, 0.15) is 0 Å². The Hall–Kier alpha value is -1.65. The topological polar surface area (TPSA) is 66.1 Å². The third-order valence-electron chi connectivity index (χ3n) is 3.60. The van der Waals surface area contributed by atoms with Crippen LogP contribution in [0.3, 0.4) is 0 Å². The molecule has 1 aliphatic carbocycles. The van der Waals surface area contributed by atoms with E-state index in [1.54, 1.807) is 6.07 Å². The molecule has 98 valence electrons. The zero-order chi connectivity index (χ0) is 13.1. The Morgan fingerprint density at radius 1 is 1.50 bits per heavy atom. The van der Waals surface area contributed by atoms with E-state index in [9.17, 15) is 9.59 Å². The smallest absolute Gasteiger partial charge is 0.264 e. The molecule has 1 unspecified atom stereocenters. The summed E-state index contributed by atoms with van der Waals surface area (Å²) in [6.45, 7) is 5.47. The van der Waals surface area contributed by atoms with Gasteiger partial charge in [-0.3, -0.25) is 9.59 Å². The van der Waals surface area contributed by atoms with Gasteiger partial charge in [-0.05, 0) is 38.7 Å². The van der Waals surface area contributed by atoms with E-state index in [2.05, 4.69) is 10.2 Å². The molecular formula is C13H19N3O2. The number of nitrogens with zero attached hydrogens (tertiary/aromatic N) is 2. The molecule has 0 spiro atoms. The van der Waals surface area contributed by atoms with Crippen molar-refractivity contribution in [1.29, 1.82) is 0 Å². The zero-order valence-electron chi connectivity index (χ0n) is 10.9. The summed E-state index contributed by atoms with van der Waals surface area (Å²) in [5.74, 6) is 0.201. The van der Waals surface area contributed by atoms with Gasteiger partial charge < -0.3 is 4.90 Å². The molecule has 5 heteroatoms. The van der Waals surface area contributed by atoms with Gasteiger partial charge >= 0.3 is 0 Å². The van der Waals surface area contributed by atoms with Gasteiger partial charge in [0, 0.05) is 25.1 Å². The van der Waals surface area contributed by atoms with Crippen molar-refractivity contribution in [1.82, 2.24) is 15.1 Å². The van der Waals surface area contributed by atoms with E-state index in [4.69, 9.17) is 0 Å². The van der Waals surface area contributed by atoms with Gasteiger partial charge in [0.25, 0.3) is 5.56 Å². The van der Waals surface area contributed by atoms with Gasteiger partial charge in [0.2, 0.25) is 5.91 Å². The molecular weight excluding hydrogens is 230 g/mol. The van der Waals surface area contributed by atoms with Crippen molar-refractivity contribution in [2.24, 2.45) is 5.92 Å². The largest absolute Gasteiger partial charge is 0.343 e. The van der Waals surface area contributed by atoms with Crippen molar-refractivity contribution in [2.75, 3.05) is 13.1 Å². The van der Waals surface area contributed by atoms with Gasteiger partial charge in [0.05, 0.1) is 5.69 Å². The number of nitrogens with one attached hydrogen (secondary N) is 1. The first-order valence-corrected chi connectivity index (χ1v) is 6.52. The number of H-pyrrole nitrogens is 1. The Morgan fingerprint density at radius 3 is 2.89 bits per heavy atom. The molecule has 0 aromatic carbocycles. The third kappa shape index (κ3) is 2.44. The van der Waals surface area contributed by atoms with Crippen LogP contribution < -0.4 is 5.56 Å². The van der Waals surface area contributed by atoms with E-state index in [1.807, 2.05) is 18.7 Å². The molecule has 0 saturated heterocycles. The van der Waals surface area contributed by atoms with Crippen LogP contribution in [0.15, 0.2) is 10.9 Å².